The van der Waals surface area contributed by atoms with Gasteiger partial charge in [-0.15, -0.1) is 0 Å². The molecule has 1 aromatic heterocycles. The molecule has 0 fully saturated rings. The van der Waals surface area contributed by atoms with Gasteiger partial charge in [0.2, 0.25) is 5.89 Å². The van der Waals surface area contributed by atoms with Crippen LogP contribution in [0, 0.1) is 23.0 Å². The first-order chi connectivity index (χ1) is 24.7. The predicted octanol–water partition coefficient (Wildman–Crippen LogP) is 8.37. The summed E-state index contributed by atoms with van der Waals surface area (Å²) < 4.78 is 62.2. The summed E-state index contributed by atoms with van der Waals surface area (Å²) in [5.74, 6) is -3.48. The average molecular weight is 722 g/mol. The zero-order valence-corrected chi connectivity index (χ0v) is 30.3. The third kappa shape index (κ3) is 10.7. The van der Waals surface area contributed by atoms with Crippen molar-refractivity contribution in [1.29, 1.82) is 0 Å². The molecule has 3 aromatic carbocycles. The van der Waals surface area contributed by atoms with Crippen LogP contribution >= 0.6 is 0 Å². The monoisotopic (exact) mass is 721 g/mol. The standard InChI is InChI=1S/C40H46F3N3O6/c1-7-29(33(43)22-44-39(49)50-24-28-16-12-9-13-17-28)23-46(38(48)25(2)51-26(3)47)36(40(4,5)6)35-34(20-27-14-10-8-11-15-27)52-37(45-35)31-21-30(41)18-19-32(31)42/h8-19,21,25,29,33,36H,7,20,22-24H2,1-6H3,(H,44,49)/t25-,29-,33-,36+/m0/s1. The molecule has 52 heavy (non-hydrogen) atoms. The third-order valence-corrected chi connectivity index (χ3v) is 8.58. The Hall–Kier alpha value is -5.13. The summed E-state index contributed by atoms with van der Waals surface area (Å²) in [6, 6.07) is 20.3. The van der Waals surface area contributed by atoms with Gasteiger partial charge >= 0.3 is 12.1 Å². The first-order valence-corrected chi connectivity index (χ1v) is 17.2. The van der Waals surface area contributed by atoms with Gasteiger partial charge in [-0.1, -0.05) is 88.4 Å². The van der Waals surface area contributed by atoms with Crippen LogP contribution in [0.2, 0.25) is 0 Å². The van der Waals surface area contributed by atoms with E-state index in [0.29, 0.717) is 0 Å². The number of carbonyl (C=O) groups is 3. The highest BCUT2D eigenvalue weighted by Crippen LogP contribution is 2.42. The summed E-state index contributed by atoms with van der Waals surface area (Å²) in [6.45, 7) is 9.38. The van der Waals surface area contributed by atoms with Crippen LogP contribution in [0.1, 0.15) is 76.6 Å². The molecule has 2 amide bonds. The van der Waals surface area contributed by atoms with E-state index in [4.69, 9.17) is 18.9 Å². The molecule has 4 rings (SSSR count). The van der Waals surface area contributed by atoms with E-state index in [2.05, 4.69) is 5.32 Å². The van der Waals surface area contributed by atoms with Crippen molar-refractivity contribution in [2.75, 3.05) is 13.1 Å². The maximum Gasteiger partial charge on any atom is 0.407 e. The molecule has 0 spiro atoms. The number of aromatic nitrogens is 1. The highest BCUT2D eigenvalue weighted by Gasteiger charge is 2.42. The lowest BCUT2D eigenvalue weighted by Gasteiger charge is -2.42. The Morgan fingerprint density at radius 2 is 1.60 bits per heavy atom. The van der Waals surface area contributed by atoms with Crippen LogP contribution < -0.4 is 5.32 Å². The summed E-state index contributed by atoms with van der Waals surface area (Å²) in [7, 11) is 0. The Morgan fingerprint density at radius 3 is 2.19 bits per heavy atom. The molecular weight excluding hydrogens is 675 g/mol. The largest absolute Gasteiger partial charge is 0.453 e. The van der Waals surface area contributed by atoms with Gasteiger partial charge in [0.15, 0.2) is 6.10 Å². The van der Waals surface area contributed by atoms with Gasteiger partial charge in [0.1, 0.15) is 35.9 Å². The van der Waals surface area contributed by atoms with Crippen LogP contribution in [-0.4, -0.2) is 53.2 Å². The number of nitrogens with one attached hydrogen (secondary N) is 1. The predicted molar refractivity (Wildman–Crippen MR) is 190 cm³/mol. The quantitative estimate of drug-likeness (QED) is 0.123. The van der Waals surface area contributed by atoms with E-state index in [-0.39, 0.29) is 55.4 Å². The molecule has 278 valence electrons. The van der Waals surface area contributed by atoms with E-state index in [0.717, 1.165) is 29.3 Å². The lowest BCUT2D eigenvalue weighted by atomic mass is 9.81. The SMILES string of the molecule is CC[C@@H](CN(C(=O)[C@H](C)OC(C)=O)[C@H](c1nc(-c2cc(F)ccc2F)oc1Cc1ccccc1)C(C)(C)C)[C@@H](F)CNC(=O)OCc1ccccc1. The third-order valence-electron chi connectivity index (χ3n) is 8.58. The Morgan fingerprint density at radius 1 is 0.962 bits per heavy atom. The van der Waals surface area contributed by atoms with Crippen molar-refractivity contribution < 1.29 is 41.4 Å². The second kappa shape index (κ2) is 17.9. The first kappa shape index (κ1) is 39.7. The molecule has 12 heteroatoms. The maximum atomic E-state index is 16.1. The van der Waals surface area contributed by atoms with Crippen molar-refractivity contribution in [3.63, 3.8) is 0 Å². The lowest BCUT2D eigenvalue weighted by Crippen LogP contribution is -2.50. The maximum absolute atomic E-state index is 16.1. The molecule has 0 aliphatic heterocycles. The van der Waals surface area contributed by atoms with Gasteiger partial charge in [-0.25, -0.2) is 22.9 Å². The van der Waals surface area contributed by atoms with E-state index >= 15 is 8.78 Å². The number of benzene rings is 3. The molecule has 0 aliphatic carbocycles. The zero-order chi connectivity index (χ0) is 38.0. The highest BCUT2D eigenvalue weighted by molar-refractivity contribution is 5.83. The number of ether oxygens (including phenoxy) is 2. The molecular formula is C40H46F3N3O6. The smallest absolute Gasteiger partial charge is 0.407 e. The van der Waals surface area contributed by atoms with E-state index in [9.17, 15) is 18.8 Å². The summed E-state index contributed by atoms with van der Waals surface area (Å²) in [5.41, 5.74) is 0.833. The Kier molecular flexibility index (Phi) is 13.6. The van der Waals surface area contributed by atoms with Crippen molar-refractivity contribution in [2.45, 2.75) is 79.3 Å². The zero-order valence-electron chi connectivity index (χ0n) is 30.3. The molecule has 4 atom stereocenters. The van der Waals surface area contributed by atoms with Crippen LogP contribution in [0.3, 0.4) is 0 Å². The molecule has 0 aliphatic rings. The van der Waals surface area contributed by atoms with Crippen LogP contribution in [0.5, 0.6) is 0 Å². The molecule has 0 unspecified atom stereocenters. The molecule has 0 saturated heterocycles. The number of alkyl carbamates (subject to hydrolysis) is 1. The Balaban J connectivity index is 1.73. The van der Waals surface area contributed by atoms with Gasteiger partial charge in [0.05, 0.1) is 18.2 Å². The van der Waals surface area contributed by atoms with Gasteiger partial charge in [-0.2, -0.15) is 0 Å². The number of alkyl halides is 1. The van der Waals surface area contributed by atoms with E-state index < -0.39 is 59.3 Å². The van der Waals surface area contributed by atoms with E-state index in [1.165, 1.54) is 18.7 Å². The fourth-order valence-corrected chi connectivity index (χ4v) is 6.02. The number of carbonyl (C=O) groups excluding carboxylic acids is 3. The number of hydrogen-bond acceptors (Lipinski definition) is 7. The second-order valence-electron chi connectivity index (χ2n) is 13.8. The highest BCUT2D eigenvalue weighted by atomic mass is 19.1. The van der Waals surface area contributed by atoms with Crippen LogP contribution in [0.4, 0.5) is 18.0 Å². The second-order valence-corrected chi connectivity index (χ2v) is 13.8. The van der Waals surface area contributed by atoms with Crippen molar-refractivity contribution in [2.24, 2.45) is 11.3 Å². The number of oxazole rings is 1. The molecule has 1 N–H and O–H groups in total. The van der Waals surface area contributed by atoms with Crippen LogP contribution in [0.25, 0.3) is 11.5 Å². The minimum atomic E-state index is -1.62. The van der Waals surface area contributed by atoms with Gasteiger partial charge < -0.3 is 24.1 Å². The number of rotatable bonds is 15. The number of amides is 2. The van der Waals surface area contributed by atoms with Crippen molar-refractivity contribution >= 4 is 18.0 Å². The Labute approximate surface area is 302 Å². The molecule has 1 heterocycles. The van der Waals surface area contributed by atoms with Crippen LogP contribution in [0.15, 0.2) is 83.3 Å². The van der Waals surface area contributed by atoms with Gasteiger partial charge in [-0.05, 0) is 48.1 Å². The number of esters is 1. The molecule has 0 radical (unpaired) electrons. The van der Waals surface area contributed by atoms with E-state index in [1.807, 2.05) is 69.3 Å². The minimum Gasteiger partial charge on any atom is -0.453 e. The first-order valence-electron chi connectivity index (χ1n) is 17.2. The lowest BCUT2D eigenvalue weighted by molar-refractivity contribution is -0.160. The fraction of sp³-hybridized carbons (Fsp3) is 0.400. The number of nitrogens with zero attached hydrogens (tertiary/aromatic N) is 2. The summed E-state index contributed by atoms with van der Waals surface area (Å²) in [6.07, 6.45) is -3.22. The van der Waals surface area contributed by atoms with Crippen molar-refractivity contribution in [1.82, 2.24) is 15.2 Å². The fourth-order valence-electron chi connectivity index (χ4n) is 6.02. The number of hydrogen-bond donors (Lipinski definition) is 1. The normalized spacial score (nSPS) is 13.8. The molecule has 9 nitrogen and oxygen atoms in total. The van der Waals surface area contributed by atoms with Crippen molar-refractivity contribution in [3.8, 4) is 11.5 Å². The average Bonchev–Trinajstić information content (AvgIpc) is 3.50. The van der Waals surface area contributed by atoms with Gasteiger partial charge in [0, 0.05) is 25.8 Å². The molecule has 0 bridgehead atoms. The minimum absolute atomic E-state index is 0.00887. The van der Waals surface area contributed by atoms with Crippen LogP contribution in [-0.2, 0) is 32.1 Å². The van der Waals surface area contributed by atoms with Gasteiger partial charge in [0.25, 0.3) is 5.91 Å². The summed E-state index contributed by atoms with van der Waals surface area (Å²) in [4.78, 5) is 44.9. The van der Waals surface area contributed by atoms with Gasteiger partial charge in [-0.3, -0.25) is 9.59 Å². The molecule has 4 aromatic rings. The number of halogens is 3. The summed E-state index contributed by atoms with van der Waals surface area (Å²) in [5, 5.41) is 2.48. The Bertz CT molecular complexity index is 1800. The topological polar surface area (TPSA) is 111 Å². The summed E-state index contributed by atoms with van der Waals surface area (Å²) >= 11 is 0. The molecule has 0 saturated carbocycles. The van der Waals surface area contributed by atoms with E-state index in [1.54, 1.807) is 19.1 Å². The van der Waals surface area contributed by atoms with Crippen molar-refractivity contribution in [3.05, 3.63) is 113 Å².